The third-order valence-corrected chi connectivity index (χ3v) is 0. The van der Waals surface area contributed by atoms with Crippen molar-refractivity contribution in [2.24, 2.45) is 0 Å². The molecule has 0 heterocycles. The molecule has 11 heavy (non-hydrogen) atoms. The molecular formula is C6H18BrHfO3-. The van der Waals surface area contributed by atoms with Crippen LogP contribution < -0.4 is 17.0 Å². The third kappa shape index (κ3) is 632. The van der Waals surface area contributed by atoms with Crippen molar-refractivity contribution in [3.8, 4) is 0 Å². The summed E-state index contributed by atoms with van der Waals surface area (Å²) in [6.07, 6.45) is 0. The topological polar surface area (TPSA) is 60.7 Å². The van der Waals surface area contributed by atoms with E-state index < -0.39 is 0 Å². The van der Waals surface area contributed by atoms with Crippen LogP contribution in [0.25, 0.3) is 0 Å². The van der Waals surface area contributed by atoms with Crippen LogP contribution in [0.2, 0.25) is 0 Å². The summed E-state index contributed by atoms with van der Waals surface area (Å²) in [5.74, 6) is 0. The van der Waals surface area contributed by atoms with Crippen LogP contribution in [0.3, 0.4) is 0 Å². The molecule has 0 aliphatic heterocycles. The molecule has 0 atom stereocenters. The zero-order valence-corrected chi connectivity index (χ0v) is 12.5. The average molecular weight is 397 g/mol. The summed E-state index contributed by atoms with van der Waals surface area (Å²) >= 11 is 0. The zero-order chi connectivity index (χ0) is 8.12. The molecule has 0 aromatic carbocycles. The molecule has 0 aliphatic rings. The van der Waals surface area contributed by atoms with Crippen molar-refractivity contribution in [1.82, 2.24) is 0 Å². The van der Waals surface area contributed by atoms with Gasteiger partial charge in [0.15, 0.2) is 0 Å². The number of halogens is 1. The molecule has 0 spiro atoms. The fourth-order valence-electron chi connectivity index (χ4n) is 0. The predicted octanol–water partition coefficient (Wildman–Crippen LogP) is -3.00. The van der Waals surface area contributed by atoms with Crippen LogP contribution in [-0.4, -0.2) is 35.1 Å². The van der Waals surface area contributed by atoms with Crippen LogP contribution in [0.5, 0.6) is 0 Å². The van der Waals surface area contributed by atoms with E-state index in [0.29, 0.717) is 0 Å². The zero-order valence-electron chi connectivity index (χ0n) is 7.34. The molecule has 0 bridgehead atoms. The Morgan fingerprint density at radius 1 is 0.727 bits per heavy atom. The number of rotatable bonds is 0. The second-order valence-electron chi connectivity index (χ2n) is 0.949. The molecule has 0 aliphatic carbocycles. The second-order valence-corrected chi connectivity index (χ2v) is 0.949. The molecule has 0 radical (unpaired) electrons. The van der Waals surface area contributed by atoms with Crippen molar-refractivity contribution in [2.45, 2.75) is 20.8 Å². The van der Waals surface area contributed by atoms with Gasteiger partial charge in [-0.05, 0) is 20.8 Å². The van der Waals surface area contributed by atoms with Crippen molar-refractivity contribution in [3.63, 3.8) is 0 Å². The van der Waals surface area contributed by atoms with Crippen molar-refractivity contribution in [2.75, 3.05) is 19.8 Å². The van der Waals surface area contributed by atoms with Gasteiger partial charge in [-0.1, -0.05) is 0 Å². The monoisotopic (exact) mass is 397 g/mol. The van der Waals surface area contributed by atoms with Gasteiger partial charge in [-0.15, -0.1) is 0 Å². The number of aliphatic hydroxyl groups excluding tert-OH is 3. The molecule has 3 nitrogen and oxygen atoms in total. The summed E-state index contributed by atoms with van der Waals surface area (Å²) in [7, 11) is 0. The van der Waals surface area contributed by atoms with Crippen molar-refractivity contribution in [3.05, 3.63) is 0 Å². The Morgan fingerprint density at radius 2 is 0.727 bits per heavy atom. The van der Waals surface area contributed by atoms with Crippen molar-refractivity contribution < 1.29 is 58.1 Å². The first-order chi connectivity index (χ1) is 4.24. The first-order valence-corrected chi connectivity index (χ1v) is 3.07. The van der Waals surface area contributed by atoms with Crippen LogP contribution in [0, 0.1) is 0 Å². The quantitative estimate of drug-likeness (QED) is 0.383. The predicted molar refractivity (Wildman–Crippen MR) is 38.3 cm³/mol. The Labute approximate surface area is 98.4 Å². The minimum atomic E-state index is 0. The summed E-state index contributed by atoms with van der Waals surface area (Å²) < 4.78 is 0. The molecule has 72 valence electrons. The van der Waals surface area contributed by atoms with Crippen LogP contribution >= 0.6 is 0 Å². The fourth-order valence-corrected chi connectivity index (χ4v) is 0. The normalized spacial score (nSPS) is 4.91. The summed E-state index contributed by atoms with van der Waals surface area (Å²) in [6.45, 7) is 5.79. The Balaban J connectivity index is -0.0000000150. The van der Waals surface area contributed by atoms with Crippen LogP contribution in [0.4, 0.5) is 0 Å². The molecule has 0 aromatic rings. The van der Waals surface area contributed by atoms with Crippen molar-refractivity contribution in [1.29, 1.82) is 0 Å². The first kappa shape index (κ1) is 29.5. The van der Waals surface area contributed by atoms with Gasteiger partial charge >= 0.3 is 0 Å². The number of hydrogen-bond donors (Lipinski definition) is 3. The molecular weight excluding hydrogens is 378 g/mol. The van der Waals surface area contributed by atoms with E-state index in [-0.39, 0.29) is 62.6 Å². The average Bonchev–Trinajstić information content (AvgIpc) is 1.70. The maximum Gasteiger partial charge on any atom is 0.0402 e. The molecule has 5 heteroatoms. The minimum Gasteiger partial charge on any atom is -1.00 e. The summed E-state index contributed by atoms with van der Waals surface area (Å²) in [5, 5.41) is 22.7. The summed E-state index contributed by atoms with van der Waals surface area (Å²) in [5.41, 5.74) is 0. The van der Waals surface area contributed by atoms with Crippen LogP contribution in [0.15, 0.2) is 0 Å². The molecule has 0 rings (SSSR count). The minimum absolute atomic E-state index is 0. The third-order valence-electron chi connectivity index (χ3n) is 0. The molecule has 0 saturated heterocycles. The number of hydrogen-bond acceptors (Lipinski definition) is 3. The summed E-state index contributed by atoms with van der Waals surface area (Å²) in [6, 6.07) is 0. The van der Waals surface area contributed by atoms with E-state index in [1.165, 1.54) is 0 Å². The van der Waals surface area contributed by atoms with E-state index in [1.54, 1.807) is 20.8 Å². The van der Waals surface area contributed by atoms with E-state index in [4.69, 9.17) is 15.3 Å². The maximum atomic E-state index is 7.57. The Hall–Kier alpha value is 1.23. The molecule has 0 aromatic heterocycles. The Kier molecular flexibility index (Phi) is 176. The van der Waals surface area contributed by atoms with Crippen LogP contribution in [0.1, 0.15) is 20.8 Å². The van der Waals surface area contributed by atoms with E-state index in [1.807, 2.05) is 0 Å². The SMILES string of the molecule is CCO.CCO.CCO.[Br-].[Hf]. The van der Waals surface area contributed by atoms with Gasteiger partial charge in [0.05, 0.1) is 0 Å². The van der Waals surface area contributed by atoms with Gasteiger partial charge in [0.25, 0.3) is 0 Å². The van der Waals surface area contributed by atoms with Gasteiger partial charge in [0.2, 0.25) is 0 Å². The molecule has 0 unspecified atom stereocenters. The fraction of sp³-hybridized carbons (Fsp3) is 1.00. The van der Waals surface area contributed by atoms with E-state index >= 15 is 0 Å². The molecule has 0 fully saturated rings. The maximum absolute atomic E-state index is 7.57. The van der Waals surface area contributed by atoms with Gasteiger partial charge in [0, 0.05) is 45.7 Å². The second kappa shape index (κ2) is 65.7. The van der Waals surface area contributed by atoms with E-state index in [9.17, 15) is 0 Å². The van der Waals surface area contributed by atoms with Gasteiger partial charge in [-0.2, -0.15) is 0 Å². The largest absolute Gasteiger partial charge is 1.00 e. The van der Waals surface area contributed by atoms with Gasteiger partial charge in [0.1, 0.15) is 0 Å². The molecule has 0 saturated carbocycles. The van der Waals surface area contributed by atoms with E-state index in [0.717, 1.165) is 0 Å². The molecule has 3 N–H and O–H groups in total. The Morgan fingerprint density at radius 3 is 0.727 bits per heavy atom. The van der Waals surface area contributed by atoms with Crippen LogP contribution in [-0.2, 0) is 25.8 Å². The Bertz CT molecular complexity index is 22.5. The standard InChI is InChI=1S/3C2H6O.BrH.Hf/c3*1-2-3;;/h3*3H,2H2,1H3;1H;/p-1. The van der Waals surface area contributed by atoms with Gasteiger partial charge in [-0.25, -0.2) is 0 Å². The van der Waals surface area contributed by atoms with Gasteiger partial charge in [-0.3, -0.25) is 0 Å². The van der Waals surface area contributed by atoms with E-state index in [2.05, 4.69) is 0 Å². The first-order valence-electron chi connectivity index (χ1n) is 3.07. The smallest absolute Gasteiger partial charge is 0.0402 e. The number of aliphatic hydroxyl groups is 3. The molecule has 0 amide bonds. The van der Waals surface area contributed by atoms with Gasteiger partial charge < -0.3 is 32.3 Å². The van der Waals surface area contributed by atoms with Crippen molar-refractivity contribution >= 4 is 0 Å². The summed E-state index contributed by atoms with van der Waals surface area (Å²) in [4.78, 5) is 0.